The van der Waals surface area contributed by atoms with E-state index in [9.17, 15) is 0 Å². The first kappa shape index (κ1) is 13.8. The SMILES string of the molecule is CNCc1ccc(N(C)Cc2cccc(Cl)c2)nn1. The van der Waals surface area contributed by atoms with E-state index in [1.54, 1.807) is 0 Å². The minimum atomic E-state index is 0.727. The van der Waals surface area contributed by atoms with Crippen LogP contribution in [-0.4, -0.2) is 24.3 Å². The molecule has 0 aliphatic carbocycles. The van der Waals surface area contributed by atoms with E-state index in [4.69, 9.17) is 11.6 Å². The molecule has 0 unspecified atom stereocenters. The highest BCUT2D eigenvalue weighted by molar-refractivity contribution is 6.30. The van der Waals surface area contributed by atoms with E-state index in [0.29, 0.717) is 0 Å². The van der Waals surface area contributed by atoms with Gasteiger partial charge >= 0.3 is 0 Å². The predicted octanol–water partition coefficient (Wildman–Crippen LogP) is 2.49. The van der Waals surface area contributed by atoms with Gasteiger partial charge in [-0.05, 0) is 36.9 Å². The fourth-order valence-corrected chi connectivity index (χ4v) is 2.03. The molecule has 0 amide bonds. The second kappa shape index (κ2) is 6.50. The molecule has 0 aliphatic rings. The highest BCUT2D eigenvalue weighted by atomic mass is 35.5. The molecule has 4 nitrogen and oxygen atoms in total. The van der Waals surface area contributed by atoms with Crippen LogP contribution in [0.1, 0.15) is 11.3 Å². The van der Waals surface area contributed by atoms with E-state index in [1.165, 1.54) is 0 Å². The average Bonchev–Trinajstić information content (AvgIpc) is 2.40. The van der Waals surface area contributed by atoms with Crippen LogP contribution in [-0.2, 0) is 13.1 Å². The van der Waals surface area contributed by atoms with Crippen molar-refractivity contribution in [2.45, 2.75) is 13.1 Å². The molecule has 0 bridgehead atoms. The van der Waals surface area contributed by atoms with Gasteiger partial charge in [0.25, 0.3) is 0 Å². The standard InChI is InChI=1S/C14H17ClN4/c1-16-9-13-6-7-14(18-17-13)19(2)10-11-4-3-5-12(15)8-11/h3-8,16H,9-10H2,1-2H3. The Morgan fingerprint density at radius 3 is 2.68 bits per heavy atom. The number of anilines is 1. The van der Waals surface area contributed by atoms with Gasteiger partial charge in [0, 0.05) is 25.2 Å². The lowest BCUT2D eigenvalue weighted by atomic mass is 10.2. The third-order valence-electron chi connectivity index (χ3n) is 2.76. The topological polar surface area (TPSA) is 41.0 Å². The summed E-state index contributed by atoms with van der Waals surface area (Å²) in [5, 5.41) is 12.2. The average molecular weight is 277 g/mol. The van der Waals surface area contributed by atoms with E-state index in [1.807, 2.05) is 55.4 Å². The Bertz CT molecular complexity index is 527. The first-order chi connectivity index (χ1) is 9.19. The number of aromatic nitrogens is 2. The monoisotopic (exact) mass is 276 g/mol. The normalized spacial score (nSPS) is 10.5. The van der Waals surface area contributed by atoms with Crippen LogP contribution in [0.2, 0.25) is 5.02 Å². The molecule has 0 saturated carbocycles. The Labute approximate surface area is 118 Å². The summed E-state index contributed by atoms with van der Waals surface area (Å²) in [7, 11) is 3.88. The Morgan fingerprint density at radius 2 is 2.05 bits per heavy atom. The van der Waals surface area contributed by atoms with Crippen LogP contribution in [0, 0.1) is 0 Å². The number of nitrogens with zero attached hydrogens (tertiary/aromatic N) is 3. The zero-order valence-corrected chi connectivity index (χ0v) is 11.9. The molecule has 0 spiro atoms. The van der Waals surface area contributed by atoms with Crippen LogP contribution in [0.5, 0.6) is 0 Å². The molecule has 0 aliphatic heterocycles. The molecule has 0 fully saturated rings. The van der Waals surface area contributed by atoms with E-state index in [2.05, 4.69) is 15.5 Å². The van der Waals surface area contributed by atoms with Crippen molar-refractivity contribution in [1.82, 2.24) is 15.5 Å². The molecule has 1 aromatic heterocycles. The fraction of sp³-hybridized carbons (Fsp3) is 0.286. The summed E-state index contributed by atoms with van der Waals surface area (Å²) in [4.78, 5) is 2.04. The van der Waals surface area contributed by atoms with Gasteiger partial charge < -0.3 is 10.2 Å². The lowest BCUT2D eigenvalue weighted by Crippen LogP contribution is -2.18. The Hall–Kier alpha value is -1.65. The quantitative estimate of drug-likeness (QED) is 0.911. The molecule has 0 radical (unpaired) electrons. The lowest BCUT2D eigenvalue weighted by Gasteiger charge is -2.17. The van der Waals surface area contributed by atoms with Gasteiger partial charge in [0.1, 0.15) is 0 Å². The van der Waals surface area contributed by atoms with Gasteiger partial charge in [-0.1, -0.05) is 23.7 Å². The minimum Gasteiger partial charge on any atom is -0.354 e. The van der Waals surface area contributed by atoms with Gasteiger partial charge in [0.15, 0.2) is 5.82 Å². The van der Waals surface area contributed by atoms with Crippen LogP contribution in [0.15, 0.2) is 36.4 Å². The molecular formula is C14H17ClN4. The van der Waals surface area contributed by atoms with Gasteiger partial charge in [-0.2, -0.15) is 5.10 Å². The summed E-state index contributed by atoms with van der Waals surface area (Å²) >= 11 is 5.98. The molecule has 19 heavy (non-hydrogen) atoms. The number of benzene rings is 1. The van der Waals surface area contributed by atoms with Crippen molar-refractivity contribution in [2.75, 3.05) is 19.0 Å². The van der Waals surface area contributed by atoms with Gasteiger partial charge in [-0.3, -0.25) is 0 Å². The lowest BCUT2D eigenvalue weighted by molar-refractivity contribution is 0.759. The molecule has 1 heterocycles. The van der Waals surface area contributed by atoms with Crippen molar-refractivity contribution in [3.05, 3.63) is 52.7 Å². The first-order valence-corrected chi connectivity index (χ1v) is 6.49. The first-order valence-electron chi connectivity index (χ1n) is 6.12. The van der Waals surface area contributed by atoms with Gasteiger partial charge in [0.2, 0.25) is 0 Å². The van der Waals surface area contributed by atoms with E-state index < -0.39 is 0 Å². The summed E-state index contributed by atoms with van der Waals surface area (Å²) < 4.78 is 0. The van der Waals surface area contributed by atoms with E-state index >= 15 is 0 Å². The van der Waals surface area contributed by atoms with E-state index in [-0.39, 0.29) is 0 Å². The van der Waals surface area contributed by atoms with Crippen LogP contribution in [0.4, 0.5) is 5.82 Å². The largest absolute Gasteiger partial charge is 0.354 e. The van der Waals surface area contributed by atoms with Crippen molar-refractivity contribution in [3.8, 4) is 0 Å². The molecule has 100 valence electrons. The molecule has 1 aromatic carbocycles. The van der Waals surface area contributed by atoms with Crippen molar-refractivity contribution in [1.29, 1.82) is 0 Å². The Kier molecular flexibility index (Phi) is 4.71. The second-order valence-electron chi connectivity index (χ2n) is 4.40. The fourth-order valence-electron chi connectivity index (χ4n) is 1.82. The van der Waals surface area contributed by atoms with Gasteiger partial charge in [-0.15, -0.1) is 5.10 Å². The Balaban J connectivity index is 2.05. The molecule has 1 N–H and O–H groups in total. The summed E-state index contributed by atoms with van der Waals surface area (Å²) in [5.41, 5.74) is 2.08. The van der Waals surface area contributed by atoms with Crippen LogP contribution >= 0.6 is 11.6 Å². The summed E-state index contributed by atoms with van der Waals surface area (Å²) in [6, 6.07) is 11.8. The zero-order chi connectivity index (χ0) is 13.7. The smallest absolute Gasteiger partial charge is 0.151 e. The van der Waals surface area contributed by atoms with Crippen LogP contribution in [0.3, 0.4) is 0 Å². The maximum Gasteiger partial charge on any atom is 0.151 e. The molecule has 0 atom stereocenters. The number of halogens is 1. The summed E-state index contributed by atoms with van der Waals surface area (Å²) in [5.74, 6) is 0.847. The van der Waals surface area contributed by atoms with Crippen LogP contribution in [0.25, 0.3) is 0 Å². The molecule has 5 heteroatoms. The van der Waals surface area contributed by atoms with Crippen molar-refractivity contribution >= 4 is 17.4 Å². The third-order valence-corrected chi connectivity index (χ3v) is 3.00. The molecule has 2 aromatic rings. The Morgan fingerprint density at radius 1 is 1.21 bits per heavy atom. The summed E-state index contributed by atoms with van der Waals surface area (Å²) in [6.45, 7) is 1.48. The highest BCUT2D eigenvalue weighted by Gasteiger charge is 2.05. The maximum atomic E-state index is 5.98. The van der Waals surface area contributed by atoms with Crippen LogP contribution < -0.4 is 10.2 Å². The molecular weight excluding hydrogens is 260 g/mol. The molecule has 0 saturated heterocycles. The van der Waals surface area contributed by atoms with Crippen molar-refractivity contribution in [3.63, 3.8) is 0 Å². The maximum absolute atomic E-state index is 5.98. The van der Waals surface area contributed by atoms with E-state index in [0.717, 1.165) is 35.2 Å². The summed E-state index contributed by atoms with van der Waals surface area (Å²) in [6.07, 6.45) is 0. The third kappa shape index (κ3) is 3.91. The number of hydrogen-bond acceptors (Lipinski definition) is 4. The second-order valence-corrected chi connectivity index (χ2v) is 4.84. The number of hydrogen-bond donors (Lipinski definition) is 1. The minimum absolute atomic E-state index is 0.727. The van der Waals surface area contributed by atoms with Gasteiger partial charge in [-0.25, -0.2) is 0 Å². The van der Waals surface area contributed by atoms with Crippen molar-refractivity contribution in [2.24, 2.45) is 0 Å². The number of nitrogens with one attached hydrogen (secondary N) is 1. The van der Waals surface area contributed by atoms with Gasteiger partial charge in [0.05, 0.1) is 5.69 Å². The zero-order valence-electron chi connectivity index (χ0n) is 11.1. The number of rotatable bonds is 5. The van der Waals surface area contributed by atoms with Crippen molar-refractivity contribution < 1.29 is 0 Å². The predicted molar refractivity (Wildman–Crippen MR) is 78.4 cm³/mol. The highest BCUT2D eigenvalue weighted by Crippen LogP contribution is 2.15. The molecule has 2 rings (SSSR count).